The number of carbonyl (C=O) groups excluding carboxylic acids is 2. The Balaban J connectivity index is 1.63. The molecule has 0 aliphatic rings. The molecular weight excluding hydrogens is 474 g/mol. The van der Waals surface area contributed by atoms with Crippen LogP contribution in [-0.2, 0) is 4.79 Å². The molecule has 0 unspecified atom stereocenters. The van der Waals surface area contributed by atoms with Crippen molar-refractivity contribution in [1.82, 2.24) is 0 Å². The van der Waals surface area contributed by atoms with Gasteiger partial charge in [-0.25, -0.2) is 0 Å². The minimum absolute atomic E-state index is 0.0486. The third-order valence-electron chi connectivity index (χ3n) is 4.93. The molecule has 7 heteroatoms. The number of nitrogens with one attached hydrogen (secondary N) is 1. The minimum atomic E-state index is -0.398. The van der Waals surface area contributed by atoms with Crippen LogP contribution in [-0.4, -0.2) is 25.4 Å². The molecule has 1 N–H and O–H groups in total. The molecule has 0 radical (unpaired) electrons. The predicted octanol–water partition coefficient (Wildman–Crippen LogP) is 5.76. The average molecular weight is 494 g/mol. The fraction of sp³-hybridized carbons (Fsp3) is 0.120. The Morgan fingerprint density at radius 3 is 2.50 bits per heavy atom. The van der Waals surface area contributed by atoms with Gasteiger partial charge in [-0.1, -0.05) is 30.3 Å². The number of halogens is 1. The third-order valence-corrected chi connectivity index (χ3v) is 5.55. The molecule has 162 valence electrons. The van der Waals surface area contributed by atoms with Gasteiger partial charge >= 0.3 is 0 Å². The monoisotopic (exact) mass is 493 g/mol. The van der Waals surface area contributed by atoms with E-state index in [1.54, 1.807) is 49.6 Å². The van der Waals surface area contributed by atoms with Crippen molar-refractivity contribution < 1.29 is 23.5 Å². The molecule has 6 nitrogen and oxygen atoms in total. The van der Waals surface area contributed by atoms with Crippen LogP contribution in [0, 0.1) is 6.92 Å². The van der Waals surface area contributed by atoms with Crippen LogP contribution in [0.5, 0.6) is 11.5 Å². The lowest BCUT2D eigenvalue weighted by atomic mass is 10.1. The molecule has 0 saturated carbocycles. The lowest BCUT2D eigenvalue weighted by Crippen LogP contribution is -2.21. The van der Waals surface area contributed by atoms with E-state index in [9.17, 15) is 9.59 Å². The summed E-state index contributed by atoms with van der Waals surface area (Å²) in [6.07, 6.45) is 0. The molecule has 0 bridgehead atoms. The highest BCUT2D eigenvalue weighted by molar-refractivity contribution is 9.10. The van der Waals surface area contributed by atoms with E-state index in [-0.39, 0.29) is 18.2 Å². The van der Waals surface area contributed by atoms with E-state index in [4.69, 9.17) is 13.9 Å². The van der Waals surface area contributed by atoms with E-state index in [1.165, 1.54) is 0 Å². The van der Waals surface area contributed by atoms with Gasteiger partial charge in [-0.3, -0.25) is 9.59 Å². The number of hydrogen-bond acceptors (Lipinski definition) is 5. The fourth-order valence-corrected chi connectivity index (χ4v) is 3.85. The summed E-state index contributed by atoms with van der Waals surface area (Å²) in [5.41, 5.74) is 2.13. The molecule has 0 fully saturated rings. The minimum Gasteiger partial charge on any atom is -0.496 e. The van der Waals surface area contributed by atoms with Gasteiger partial charge in [0, 0.05) is 10.9 Å². The van der Waals surface area contributed by atoms with Crippen molar-refractivity contribution in [3.8, 4) is 11.5 Å². The average Bonchev–Trinajstić information content (AvgIpc) is 3.16. The Kier molecular flexibility index (Phi) is 6.28. The summed E-state index contributed by atoms with van der Waals surface area (Å²) in [4.78, 5) is 25.9. The predicted molar refractivity (Wildman–Crippen MR) is 126 cm³/mol. The van der Waals surface area contributed by atoms with Crippen LogP contribution in [0.25, 0.3) is 11.0 Å². The molecule has 1 heterocycles. The van der Waals surface area contributed by atoms with E-state index in [0.29, 0.717) is 38.2 Å². The zero-order valence-electron chi connectivity index (χ0n) is 17.5. The molecule has 0 saturated heterocycles. The van der Waals surface area contributed by atoms with Crippen LogP contribution in [0.1, 0.15) is 21.7 Å². The first-order valence-electron chi connectivity index (χ1n) is 9.86. The number of methoxy groups -OCH3 is 1. The molecule has 1 aromatic heterocycles. The summed E-state index contributed by atoms with van der Waals surface area (Å²) in [5.74, 6) is 0.518. The lowest BCUT2D eigenvalue weighted by Gasteiger charge is -2.10. The Morgan fingerprint density at radius 1 is 1.00 bits per heavy atom. The summed E-state index contributed by atoms with van der Waals surface area (Å²) in [6.45, 7) is 1.70. The number of benzene rings is 3. The van der Waals surface area contributed by atoms with E-state index >= 15 is 0 Å². The molecular formula is C25H20BrNO5. The molecule has 4 rings (SSSR count). The second-order valence-corrected chi connectivity index (χ2v) is 7.94. The van der Waals surface area contributed by atoms with Crippen LogP contribution in [0.2, 0.25) is 0 Å². The molecule has 0 aliphatic carbocycles. The first kappa shape index (κ1) is 21.6. The van der Waals surface area contributed by atoms with Crippen LogP contribution in [0.4, 0.5) is 5.69 Å². The van der Waals surface area contributed by atoms with E-state index in [0.717, 1.165) is 5.56 Å². The number of para-hydroxylation sites is 2. The highest BCUT2D eigenvalue weighted by atomic mass is 79.9. The van der Waals surface area contributed by atoms with Gasteiger partial charge in [-0.2, -0.15) is 0 Å². The van der Waals surface area contributed by atoms with Gasteiger partial charge < -0.3 is 19.2 Å². The topological polar surface area (TPSA) is 77.8 Å². The van der Waals surface area contributed by atoms with Gasteiger partial charge in [0.05, 0.1) is 17.3 Å². The van der Waals surface area contributed by atoms with Crippen LogP contribution in [0.15, 0.2) is 75.6 Å². The summed E-state index contributed by atoms with van der Waals surface area (Å²) < 4.78 is 17.3. The van der Waals surface area contributed by atoms with Crippen LogP contribution in [0.3, 0.4) is 0 Å². The maximum absolute atomic E-state index is 13.3. The fourth-order valence-electron chi connectivity index (χ4n) is 3.31. The number of ketones is 1. The standard InChI is InChI=1S/C25H20BrNO5/c1-15-7-3-5-9-19(15)31-14-22(28)27-23-17-8-4-6-10-20(17)32-25(23)24(29)16-11-12-21(30-2)18(26)13-16/h3-13H,14H2,1-2H3,(H,27,28). The quantitative estimate of drug-likeness (QED) is 0.331. The van der Waals surface area contributed by atoms with Crippen molar-refractivity contribution in [2.24, 2.45) is 0 Å². The van der Waals surface area contributed by atoms with Gasteiger partial charge in [0.2, 0.25) is 5.78 Å². The number of carbonyl (C=O) groups is 2. The van der Waals surface area contributed by atoms with Gasteiger partial charge in [-0.05, 0) is 64.8 Å². The summed E-state index contributed by atoms with van der Waals surface area (Å²) >= 11 is 3.40. The summed E-state index contributed by atoms with van der Waals surface area (Å²) in [6, 6.07) is 19.6. The van der Waals surface area contributed by atoms with E-state index in [2.05, 4.69) is 21.2 Å². The highest BCUT2D eigenvalue weighted by Gasteiger charge is 2.24. The number of amides is 1. The molecule has 0 spiro atoms. The lowest BCUT2D eigenvalue weighted by molar-refractivity contribution is -0.118. The highest BCUT2D eigenvalue weighted by Crippen LogP contribution is 2.34. The zero-order chi connectivity index (χ0) is 22.7. The van der Waals surface area contributed by atoms with Gasteiger partial charge in [0.25, 0.3) is 5.91 Å². The molecule has 32 heavy (non-hydrogen) atoms. The Morgan fingerprint density at radius 2 is 1.75 bits per heavy atom. The van der Waals surface area contributed by atoms with Crippen molar-refractivity contribution in [2.75, 3.05) is 19.0 Å². The normalized spacial score (nSPS) is 10.7. The van der Waals surface area contributed by atoms with Crippen molar-refractivity contribution in [2.45, 2.75) is 6.92 Å². The number of fused-ring (bicyclic) bond motifs is 1. The molecule has 3 aromatic carbocycles. The zero-order valence-corrected chi connectivity index (χ0v) is 19.1. The van der Waals surface area contributed by atoms with Gasteiger partial charge in [0.15, 0.2) is 12.4 Å². The third kappa shape index (κ3) is 4.38. The first-order valence-corrected chi connectivity index (χ1v) is 10.6. The van der Waals surface area contributed by atoms with E-state index < -0.39 is 5.91 Å². The van der Waals surface area contributed by atoms with E-state index in [1.807, 2.05) is 31.2 Å². The smallest absolute Gasteiger partial charge is 0.262 e. The van der Waals surface area contributed by atoms with Crippen LogP contribution < -0.4 is 14.8 Å². The van der Waals surface area contributed by atoms with Crippen molar-refractivity contribution in [1.29, 1.82) is 0 Å². The first-order chi connectivity index (χ1) is 15.5. The molecule has 0 aliphatic heterocycles. The SMILES string of the molecule is COc1ccc(C(=O)c2oc3ccccc3c2NC(=O)COc2ccccc2C)cc1Br. The molecule has 1 amide bonds. The largest absolute Gasteiger partial charge is 0.496 e. The summed E-state index contributed by atoms with van der Waals surface area (Å²) in [7, 11) is 1.55. The van der Waals surface area contributed by atoms with Gasteiger partial charge in [-0.15, -0.1) is 0 Å². The maximum Gasteiger partial charge on any atom is 0.262 e. The Labute approximate surface area is 193 Å². The number of hydrogen-bond donors (Lipinski definition) is 1. The van der Waals surface area contributed by atoms with Crippen molar-refractivity contribution in [3.05, 3.63) is 88.1 Å². The number of ether oxygens (including phenoxy) is 2. The molecule has 0 atom stereocenters. The van der Waals surface area contributed by atoms with Crippen molar-refractivity contribution in [3.63, 3.8) is 0 Å². The number of anilines is 1. The number of rotatable bonds is 7. The summed E-state index contributed by atoms with van der Waals surface area (Å²) in [5, 5.41) is 3.43. The second-order valence-electron chi connectivity index (χ2n) is 7.08. The maximum atomic E-state index is 13.3. The Bertz CT molecular complexity index is 1310. The second kappa shape index (κ2) is 9.28. The Hall–Kier alpha value is -3.58. The van der Waals surface area contributed by atoms with Crippen LogP contribution >= 0.6 is 15.9 Å². The number of furan rings is 1. The number of aryl methyl sites for hydroxylation is 1. The van der Waals surface area contributed by atoms with Crippen molar-refractivity contribution >= 4 is 44.3 Å². The molecule has 4 aromatic rings. The van der Waals surface area contributed by atoms with Gasteiger partial charge in [0.1, 0.15) is 17.1 Å².